The maximum atomic E-state index is 5.11. The molecular formula is C28H23N3. The van der Waals surface area contributed by atoms with E-state index in [1.165, 1.54) is 27.6 Å². The number of benzene rings is 3. The Morgan fingerprint density at radius 1 is 0.839 bits per heavy atom. The average Bonchev–Trinajstić information content (AvgIpc) is 3.25. The van der Waals surface area contributed by atoms with Gasteiger partial charge in [0.2, 0.25) is 0 Å². The van der Waals surface area contributed by atoms with Gasteiger partial charge in [-0.3, -0.25) is 9.67 Å². The molecular weight excluding hydrogens is 378 g/mol. The molecule has 5 aromatic rings. The van der Waals surface area contributed by atoms with Crippen LogP contribution in [0.3, 0.4) is 0 Å². The zero-order valence-corrected chi connectivity index (χ0v) is 17.7. The van der Waals surface area contributed by atoms with Crippen molar-refractivity contribution in [3.63, 3.8) is 0 Å². The van der Waals surface area contributed by atoms with Crippen LogP contribution in [0.1, 0.15) is 28.4 Å². The van der Waals surface area contributed by atoms with Crippen molar-refractivity contribution >= 4 is 10.9 Å². The van der Waals surface area contributed by atoms with E-state index >= 15 is 0 Å². The van der Waals surface area contributed by atoms with Crippen molar-refractivity contribution in [1.29, 1.82) is 0 Å². The first-order valence-electron chi connectivity index (χ1n) is 10.8. The predicted octanol–water partition coefficient (Wildman–Crippen LogP) is 6.53. The van der Waals surface area contributed by atoms with E-state index in [1.807, 2.05) is 6.07 Å². The molecule has 0 spiro atoms. The van der Waals surface area contributed by atoms with Crippen molar-refractivity contribution in [2.45, 2.75) is 26.3 Å². The zero-order chi connectivity index (χ0) is 20.9. The highest BCUT2D eigenvalue weighted by atomic mass is 15.3. The van der Waals surface area contributed by atoms with Gasteiger partial charge in [0.15, 0.2) is 0 Å². The van der Waals surface area contributed by atoms with Crippen LogP contribution >= 0.6 is 0 Å². The Balaban J connectivity index is 1.64. The third-order valence-corrected chi connectivity index (χ3v) is 6.40. The molecule has 3 heteroatoms. The predicted molar refractivity (Wildman–Crippen MR) is 126 cm³/mol. The van der Waals surface area contributed by atoms with Crippen LogP contribution in [0.2, 0.25) is 0 Å². The van der Waals surface area contributed by atoms with E-state index in [2.05, 4.69) is 97.4 Å². The number of hydrogen-bond acceptors (Lipinski definition) is 2. The van der Waals surface area contributed by atoms with Crippen LogP contribution in [0.25, 0.3) is 33.4 Å². The van der Waals surface area contributed by atoms with Crippen molar-refractivity contribution in [1.82, 2.24) is 14.8 Å². The number of hydrogen-bond donors (Lipinski definition) is 0. The molecule has 1 aliphatic rings. The topological polar surface area (TPSA) is 30.7 Å². The molecule has 0 fully saturated rings. The summed E-state index contributed by atoms with van der Waals surface area (Å²) >= 11 is 0. The number of aromatic nitrogens is 3. The first-order chi connectivity index (χ1) is 15.2. The summed E-state index contributed by atoms with van der Waals surface area (Å²) in [6.45, 7) is 4.26. The minimum absolute atomic E-state index is 0.158. The van der Waals surface area contributed by atoms with Crippen LogP contribution in [0.4, 0.5) is 0 Å². The molecule has 1 atom stereocenters. The van der Waals surface area contributed by atoms with Crippen molar-refractivity contribution in [2.24, 2.45) is 0 Å². The van der Waals surface area contributed by atoms with E-state index in [4.69, 9.17) is 10.1 Å². The Kier molecular flexibility index (Phi) is 4.03. The second-order valence-electron chi connectivity index (χ2n) is 8.42. The van der Waals surface area contributed by atoms with Crippen LogP contribution in [0.15, 0.2) is 84.9 Å². The summed E-state index contributed by atoms with van der Waals surface area (Å²) in [7, 11) is 0. The molecule has 3 aromatic carbocycles. The minimum Gasteiger partial charge on any atom is -0.256 e. The maximum Gasteiger partial charge on any atom is 0.0930 e. The first-order valence-corrected chi connectivity index (χ1v) is 10.8. The molecule has 150 valence electrons. The number of para-hydroxylation sites is 1. The van der Waals surface area contributed by atoms with Crippen molar-refractivity contribution in [3.05, 3.63) is 107 Å². The van der Waals surface area contributed by atoms with Gasteiger partial charge in [0.25, 0.3) is 0 Å². The van der Waals surface area contributed by atoms with Gasteiger partial charge in [0.1, 0.15) is 0 Å². The largest absolute Gasteiger partial charge is 0.256 e. The normalized spacial score (nSPS) is 15.0. The van der Waals surface area contributed by atoms with E-state index in [0.29, 0.717) is 0 Å². The Morgan fingerprint density at radius 3 is 2.39 bits per heavy atom. The van der Waals surface area contributed by atoms with Gasteiger partial charge < -0.3 is 0 Å². The molecule has 0 aliphatic carbocycles. The van der Waals surface area contributed by atoms with Crippen LogP contribution in [0.5, 0.6) is 0 Å². The Morgan fingerprint density at radius 2 is 1.58 bits per heavy atom. The quantitative estimate of drug-likeness (QED) is 0.337. The molecule has 2 aromatic heterocycles. The maximum absolute atomic E-state index is 5.11. The molecule has 3 nitrogen and oxygen atoms in total. The summed E-state index contributed by atoms with van der Waals surface area (Å²) < 4.78 is 2.22. The van der Waals surface area contributed by atoms with Gasteiger partial charge in [-0.2, -0.15) is 5.10 Å². The highest BCUT2D eigenvalue weighted by Gasteiger charge is 2.30. The van der Waals surface area contributed by atoms with Gasteiger partial charge in [-0.1, -0.05) is 78.4 Å². The number of fused-ring (bicyclic) bond motifs is 5. The van der Waals surface area contributed by atoms with Crippen LogP contribution < -0.4 is 0 Å². The lowest BCUT2D eigenvalue weighted by Gasteiger charge is -2.29. The van der Waals surface area contributed by atoms with E-state index in [-0.39, 0.29) is 6.04 Å². The van der Waals surface area contributed by atoms with Gasteiger partial charge in [-0.25, -0.2) is 0 Å². The lowest BCUT2D eigenvalue weighted by Crippen LogP contribution is -2.22. The molecule has 0 N–H and O–H groups in total. The average molecular weight is 402 g/mol. The first kappa shape index (κ1) is 18.1. The smallest absolute Gasteiger partial charge is 0.0930 e. The van der Waals surface area contributed by atoms with Crippen molar-refractivity contribution in [2.75, 3.05) is 0 Å². The van der Waals surface area contributed by atoms with Crippen LogP contribution in [0, 0.1) is 13.8 Å². The van der Waals surface area contributed by atoms with E-state index < -0.39 is 0 Å². The summed E-state index contributed by atoms with van der Waals surface area (Å²) in [6.07, 6.45) is 0.908. The van der Waals surface area contributed by atoms with Crippen LogP contribution in [-0.2, 0) is 6.42 Å². The number of nitrogens with zero attached hydrogens (tertiary/aromatic N) is 3. The molecule has 0 amide bonds. The van der Waals surface area contributed by atoms with Gasteiger partial charge in [0, 0.05) is 28.6 Å². The molecule has 0 saturated carbocycles. The number of pyridine rings is 1. The molecule has 1 unspecified atom stereocenters. The van der Waals surface area contributed by atoms with Gasteiger partial charge in [-0.15, -0.1) is 0 Å². The lowest BCUT2D eigenvalue weighted by atomic mass is 9.87. The molecule has 0 saturated heterocycles. The van der Waals surface area contributed by atoms with Crippen molar-refractivity contribution in [3.8, 4) is 22.5 Å². The molecule has 31 heavy (non-hydrogen) atoms. The zero-order valence-electron chi connectivity index (χ0n) is 17.7. The molecule has 1 aliphatic heterocycles. The van der Waals surface area contributed by atoms with Gasteiger partial charge in [0.05, 0.1) is 22.9 Å². The summed E-state index contributed by atoms with van der Waals surface area (Å²) in [5.41, 5.74) is 10.6. The van der Waals surface area contributed by atoms with E-state index in [1.54, 1.807) is 0 Å². The monoisotopic (exact) mass is 401 g/mol. The van der Waals surface area contributed by atoms with E-state index in [0.717, 1.165) is 34.6 Å². The lowest BCUT2D eigenvalue weighted by molar-refractivity contribution is 0.516. The number of aryl methyl sites for hydroxylation is 2. The Labute approximate surface area is 182 Å². The Bertz CT molecular complexity index is 1410. The second kappa shape index (κ2) is 6.92. The SMILES string of the molecule is Cc1ccc(C2Cc3c(c(C)nc4ccccc34)-c3cc(-c4ccccc4)nn32)cc1. The second-order valence-corrected chi connectivity index (χ2v) is 8.42. The van der Waals surface area contributed by atoms with Gasteiger partial charge >= 0.3 is 0 Å². The summed E-state index contributed by atoms with van der Waals surface area (Å²) in [5, 5.41) is 6.35. The summed E-state index contributed by atoms with van der Waals surface area (Å²) in [4.78, 5) is 4.94. The van der Waals surface area contributed by atoms with E-state index in [9.17, 15) is 0 Å². The van der Waals surface area contributed by atoms with Gasteiger partial charge in [-0.05, 0) is 37.1 Å². The summed E-state index contributed by atoms with van der Waals surface area (Å²) in [5.74, 6) is 0. The van der Waals surface area contributed by atoms with Crippen molar-refractivity contribution < 1.29 is 0 Å². The molecule has 0 radical (unpaired) electrons. The fraction of sp³-hybridized carbons (Fsp3) is 0.143. The highest BCUT2D eigenvalue weighted by Crippen LogP contribution is 2.43. The molecule has 3 heterocycles. The third-order valence-electron chi connectivity index (χ3n) is 6.40. The van der Waals surface area contributed by atoms with Crippen LogP contribution in [-0.4, -0.2) is 14.8 Å². The summed E-state index contributed by atoms with van der Waals surface area (Å²) in [6, 6.07) is 30.2. The fourth-order valence-corrected chi connectivity index (χ4v) is 4.86. The molecule has 6 rings (SSSR count). The highest BCUT2D eigenvalue weighted by molar-refractivity contribution is 5.90. The standard InChI is InChI=1S/C28H23N3/c1-18-12-14-21(15-13-18)26-16-23-22-10-6-7-11-24(22)29-19(2)28(23)27-17-25(30-31(26)27)20-8-4-3-5-9-20/h3-15,17,26H,16H2,1-2H3. The third kappa shape index (κ3) is 2.89. The fourth-order valence-electron chi connectivity index (χ4n) is 4.86. The Hall–Kier alpha value is -3.72. The minimum atomic E-state index is 0.158. The molecule has 0 bridgehead atoms. The number of rotatable bonds is 2.